The lowest BCUT2D eigenvalue weighted by atomic mass is 10.1. The second kappa shape index (κ2) is 8.28. The summed E-state index contributed by atoms with van der Waals surface area (Å²) in [6.45, 7) is 0.369. The summed E-state index contributed by atoms with van der Waals surface area (Å²) >= 11 is 0. The maximum absolute atomic E-state index is 9.40. The average molecular weight is 337 g/mol. The van der Waals surface area contributed by atoms with E-state index in [1.807, 2.05) is 48.5 Å². The van der Waals surface area contributed by atoms with Crippen molar-refractivity contribution in [1.82, 2.24) is 4.98 Å². The van der Waals surface area contributed by atoms with Crippen molar-refractivity contribution in [3.63, 3.8) is 0 Å². The van der Waals surface area contributed by atoms with Gasteiger partial charge < -0.3 is 4.74 Å². The number of hydrogen-bond donors (Lipinski definition) is 0. The lowest BCUT2D eigenvalue weighted by molar-refractivity contribution is 0.306. The van der Waals surface area contributed by atoms with Crippen molar-refractivity contribution in [1.29, 1.82) is 10.5 Å². The van der Waals surface area contributed by atoms with Crippen LogP contribution in [0.5, 0.6) is 5.75 Å². The summed E-state index contributed by atoms with van der Waals surface area (Å²) in [6.07, 6.45) is 3.45. The van der Waals surface area contributed by atoms with Crippen molar-refractivity contribution in [3.8, 4) is 17.9 Å². The summed E-state index contributed by atoms with van der Waals surface area (Å²) < 4.78 is 5.82. The van der Waals surface area contributed by atoms with Gasteiger partial charge in [-0.15, -0.1) is 0 Å². The number of hydrogen-bond acceptors (Lipinski definition) is 4. The molecule has 0 N–H and O–H groups in total. The summed E-state index contributed by atoms with van der Waals surface area (Å²) in [5.41, 5.74) is 3.52. The van der Waals surface area contributed by atoms with E-state index in [9.17, 15) is 5.26 Å². The molecule has 124 valence electrons. The van der Waals surface area contributed by atoms with Crippen molar-refractivity contribution < 1.29 is 4.74 Å². The quantitative estimate of drug-likeness (QED) is 0.638. The molecule has 3 aromatic rings. The molecule has 4 heteroatoms. The molecular formula is C22H15N3O. The molecule has 0 atom stereocenters. The van der Waals surface area contributed by atoms with E-state index in [0.29, 0.717) is 29.2 Å². The maximum atomic E-state index is 9.40. The maximum Gasteiger partial charge on any atom is 0.120 e. The number of benzene rings is 2. The van der Waals surface area contributed by atoms with Crippen LogP contribution < -0.4 is 4.74 Å². The standard InChI is InChI=1S/C22H15N3O/c23-14-18-6-3-7-19(11-18)16-26-21-8-4-5-17(13-21)12-20(15-24)22-9-1-2-10-25-22/h1-13H,16H2. The minimum absolute atomic E-state index is 0.369. The lowest BCUT2D eigenvalue weighted by Gasteiger charge is -2.07. The zero-order valence-corrected chi connectivity index (χ0v) is 14.0. The van der Waals surface area contributed by atoms with Crippen molar-refractivity contribution >= 4 is 11.6 Å². The number of nitriles is 2. The Morgan fingerprint density at radius 1 is 1.00 bits per heavy atom. The van der Waals surface area contributed by atoms with E-state index in [2.05, 4.69) is 17.1 Å². The summed E-state index contributed by atoms with van der Waals surface area (Å²) in [6, 6.07) is 24.6. The van der Waals surface area contributed by atoms with Gasteiger partial charge in [-0.05, 0) is 53.6 Å². The summed E-state index contributed by atoms with van der Waals surface area (Å²) in [5.74, 6) is 0.694. The van der Waals surface area contributed by atoms with Gasteiger partial charge in [0.1, 0.15) is 18.4 Å². The molecule has 0 aliphatic heterocycles. The second-order valence-electron chi connectivity index (χ2n) is 5.56. The van der Waals surface area contributed by atoms with Gasteiger partial charge in [-0.2, -0.15) is 10.5 Å². The van der Waals surface area contributed by atoms with Crippen molar-refractivity contribution in [2.24, 2.45) is 0 Å². The topological polar surface area (TPSA) is 69.7 Å². The van der Waals surface area contributed by atoms with Crippen LogP contribution in [0.4, 0.5) is 0 Å². The number of ether oxygens (including phenoxy) is 1. The van der Waals surface area contributed by atoms with Crippen molar-refractivity contribution in [2.45, 2.75) is 6.61 Å². The number of allylic oxidation sites excluding steroid dienone is 1. The molecule has 0 unspecified atom stereocenters. The third kappa shape index (κ3) is 4.35. The van der Waals surface area contributed by atoms with Crippen LogP contribution in [0.2, 0.25) is 0 Å². The highest BCUT2D eigenvalue weighted by molar-refractivity contribution is 5.88. The first-order valence-electron chi connectivity index (χ1n) is 8.03. The highest BCUT2D eigenvalue weighted by atomic mass is 16.5. The molecular weight excluding hydrogens is 322 g/mol. The molecule has 0 radical (unpaired) electrons. The van der Waals surface area contributed by atoms with E-state index < -0.39 is 0 Å². The zero-order valence-electron chi connectivity index (χ0n) is 14.0. The largest absolute Gasteiger partial charge is 0.489 e. The lowest BCUT2D eigenvalue weighted by Crippen LogP contribution is -1.96. The van der Waals surface area contributed by atoms with Gasteiger partial charge in [0.15, 0.2) is 0 Å². The van der Waals surface area contributed by atoms with Crippen LogP contribution in [0.3, 0.4) is 0 Å². The van der Waals surface area contributed by atoms with E-state index in [1.165, 1.54) is 0 Å². The second-order valence-corrected chi connectivity index (χ2v) is 5.56. The molecule has 0 amide bonds. The molecule has 0 bridgehead atoms. The Labute approximate surface area is 152 Å². The molecule has 0 aliphatic rings. The van der Waals surface area contributed by atoms with E-state index in [0.717, 1.165) is 11.1 Å². The predicted molar refractivity (Wildman–Crippen MR) is 99.7 cm³/mol. The summed E-state index contributed by atoms with van der Waals surface area (Å²) in [7, 11) is 0. The van der Waals surface area contributed by atoms with Gasteiger partial charge in [0.25, 0.3) is 0 Å². The Kier molecular flexibility index (Phi) is 5.40. The first kappa shape index (κ1) is 17.0. The SMILES string of the molecule is N#CC(=Cc1cccc(OCc2cccc(C#N)c2)c1)c1ccccn1. The van der Waals surface area contributed by atoms with Gasteiger partial charge >= 0.3 is 0 Å². The molecule has 0 saturated carbocycles. The number of rotatable bonds is 5. The van der Waals surface area contributed by atoms with Gasteiger partial charge in [-0.25, -0.2) is 0 Å². The fourth-order valence-electron chi connectivity index (χ4n) is 2.44. The van der Waals surface area contributed by atoms with Crippen LogP contribution in [0.1, 0.15) is 22.4 Å². The molecule has 0 fully saturated rings. The van der Waals surface area contributed by atoms with Gasteiger partial charge in [0, 0.05) is 6.20 Å². The van der Waals surface area contributed by atoms with E-state index >= 15 is 0 Å². The van der Waals surface area contributed by atoms with Crippen LogP contribution in [-0.2, 0) is 6.61 Å². The van der Waals surface area contributed by atoms with E-state index in [1.54, 1.807) is 30.5 Å². The minimum Gasteiger partial charge on any atom is -0.489 e. The third-order valence-electron chi connectivity index (χ3n) is 3.69. The summed E-state index contributed by atoms with van der Waals surface area (Å²) in [4.78, 5) is 4.21. The Bertz CT molecular complexity index is 1010. The first-order valence-corrected chi connectivity index (χ1v) is 8.03. The Morgan fingerprint density at radius 3 is 2.65 bits per heavy atom. The summed E-state index contributed by atoms with van der Waals surface area (Å²) in [5, 5.41) is 18.4. The number of nitrogens with zero attached hydrogens (tertiary/aromatic N) is 3. The smallest absolute Gasteiger partial charge is 0.120 e. The van der Waals surface area contributed by atoms with E-state index in [4.69, 9.17) is 10.00 Å². The van der Waals surface area contributed by atoms with Gasteiger partial charge in [-0.1, -0.05) is 30.3 Å². The minimum atomic E-state index is 0.369. The fraction of sp³-hybridized carbons (Fsp3) is 0.0455. The normalized spacial score (nSPS) is 10.6. The van der Waals surface area contributed by atoms with Crippen LogP contribution in [-0.4, -0.2) is 4.98 Å². The highest BCUT2D eigenvalue weighted by Gasteiger charge is 2.03. The molecule has 0 aliphatic carbocycles. The molecule has 0 saturated heterocycles. The van der Waals surface area contributed by atoms with Crippen molar-refractivity contribution in [2.75, 3.05) is 0 Å². The predicted octanol–water partition coefficient (Wildman–Crippen LogP) is 4.60. The molecule has 4 nitrogen and oxygen atoms in total. The van der Waals surface area contributed by atoms with Crippen molar-refractivity contribution in [3.05, 3.63) is 95.3 Å². The molecule has 26 heavy (non-hydrogen) atoms. The van der Waals surface area contributed by atoms with Crippen LogP contribution in [0.25, 0.3) is 11.6 Å². The van der Waals surface area contributed by atoms with Crippen LogP contribution >= 0.6 is 0 Å². The molecule has 0 spiro atoms. The van der Waals surface area contributed by atoms with Gasteiger partial charge in [0.05, 0.1) is 22.9 Å². The monoisotopic (exact) mass is 337 g/mol. The highest BCUT2D eigenvalue weighted by Crippen LogP contribution is 2.20. The molecule has 1 aromatic heterocycles. The Hall–Kier alpha value is -3.89. The third-order valence-corrected chi connectivity index (χ3v) is 3.69. The van der Waals surface area contributed by atoms with Gasteiger partial charge in [0.2, 0.25) is 0 Å². The molecule has 2 aromatic carbocycles. The Balaban J connectivity index is 1.77. The first-order chi connectivity index (χ1) is 12.8. The number of pyridine rings is 1. The van der Waals surface area contributed by atoms with Crippen LogP contribution in [0.15, 0.2) is 72.9 Å². The zero-order chi connectivity index (χ0) is 18.2. The molecule has 3 rings (SSSR count). The number of aromatic nitrogens is 1. The van der Waals surface area contributed by atoms with Crippen LogP contribution in [0, 0.1) is 22.7 Å². The Morgan fingerprint density at radius 2 is 1.88 bits per heavy atom. The van der Waals surface area contributed by atoms with E-state index in [-0.39, 0.29) is 0 Å². The average Bonchev–Trinajstić information content (AvgIpc) is 2.71. The fourth-order valence-corrected chi connectivity index (χ4v) is 2.44. The molecule has 1 heterocycles. The van der Waals surface area contributed by atoms with Gasteiger partial charge in [-0.3, -0.25) is 4.98 Å².